The summed E-state index contributed by atoms with van der Waals surface area (Å²) in [7, 11) is -0.267. The molecule has 0 N–H and O–H groups in total. The van der Waals surface area contributed by atoms with E-state index in [1.807, 2.05) is 0 Å². The highest BCUT2D eigenvalue weighted by atomic mass is 35.5. The first-order valence-corrected chi connectivity index (χ1v) is 7.89. The van der Waals surface area contributed by atoms with E-state index in [4.69, 9.17) is 32.7 Å². The summed E-state index contributed by atoms with van der Waals surface area (Å²) in [5.74, 6) is 0.591. The quantitative estimate of drug-likeness (QED) is 0.784. The number of alkyl halides is 1. The Morgan fingerprint density at radius 3 is 2.33 bits per heavy atom. The van der Waals surface area contributed by atoms with Gasteiger partial charge in [-0.1, -0.05) is 17.7 Å². The van der Waals surface area contributed by atoms with E-state index in [9.17, 15) is 8.42 Å². The SMILES string of the molecule is COc1ccc(C(Cl)CS(C)(=O)=O)c(OC)c1Cl. The van der Waals surface area contributed by atoms with Crippen molar-refractivity contribution in [3.8, 4) is 11.5 Å². The van der Waals surface area contributed by atoms with Gasteiger partial charge in [0.2, 0.25) is 0 Å². The summed E-state index contributed by atoms with van der Waals surface area (Å²) in [6.45, 7) is 0. The van der Waals surface area contributed by atoms with Crippen LogP contribution in [0.1, 0.15) is 10.9 Å². The lowest BCUT2D eigenvalue weighted by Gasteiger charge is -2.16. The van der Waals surface area contributed by atoms with Crippen molar-refractivity contribution in [1.29, 1.82) is 0 Å². The van der Waals surface area contributed by atoms with Gasteiger partial charge in [-0.15, -0.1) is 11.6 Å². The molecule has 1 rings (SSSR count). The van der Waals surface area contributed by atoms with Crippen molar-refractivity contribution in [2.45, 2.75) is 5.38 Å². The first kappa shape index (κ1) is 15.4. The Hall–Kier alpha value is -0.650. The fraction of sp³-hybridized carbons (Fsp3) is 0.455. The lowest BCUT2D eigenvalue weighted by Crippen LogP contribution is -2.10. The molecular formula is C11H14Cl2O4S. The lowest BCUT2D eigenvalue weighted by atomic mass is 10.1. The summed E-state index contributed by atoms with van der Waals surface area (Å²) in [4.78, 5) is 0. The second kappa shape index (κ2) is 5.99. The molecule has 102 valence electrons. The first-order chi connectivity index (χ1) is 8.30. The molecule has 0 radical (unpaired) electrons. The van der Waals surface area contributed by atoms with Crippen molar-refractivity contribution >= 4 is 33.0 Å². The zero-order chi connectivity index (χ0) is 13.9. The maximum absolute atomic E-state index is 11.2. The number of halogens is 2. The van der Waals surface area contributed by atoms with Crippen LogP contribution in [0.5, 0.6) is 11.5 Å². The van der Waals surface area contributed by atoms with Crippen LogP contribution >= 0.6 is 23.2 Å². The summed E-state index contributed by atoms with van der Waals surface area (Å²) < 4.78 is 32.7. The molecule has 18 heavy (non-hydrogen) atoms. The molecule has 1 aromatic rings. The van der Waals surface area contributed by atoms with Crippen LogP contribution in [0, 0.1) is 0 Å². The highest BCUT2D eigenvalue weighted by Gasteiger charge is 2.22. The molecule has 0 heterocycles. The van der Waals surface area contributed by atoms with Crippen molar-refractivity contribution in [3.05, 3.63) is 22.7 Å². The number of hydrogen-bond acceptors (Lipinski definition) is 4. The third kappa shape index (κ3) is 3.67. The molecule has 0 aromatic heterocycles. The number of ether oxygens (including phenoxy) is 2. The molecular weight excluding hydrogens is 299 g/mol. The molecule has 1 unspecified atom stereocenters. The second-order valence-corrected chi connectivity index (χ2v) is 6.85. The van der Waals surface area contributed by atoms with Gasteiger partial charge in [0.05, 0.1) is 25.3 Å². The van der Waals surface area contributed by atoms with E-state index >= 15 is 0 Å². The Morgan fingerprint density at radius 2 is 1.89 bits per heavy atom. The first-order valence-electron chi connectivity index (χ1n) is 5.02. The van der Waals surface area contributed by atoms with Gasteiger partial charge in [-0.2, -0.15) is 0 Å². The molecule has 0 aliphatic rings. The Bertz CT molecular complexity index is 528. The Kier molecular flexibility index (Phi) is 5.13. The van der Waals surface area contributed by atoms with E-state index < -0.39 is 15.2 Å². The van der Waals surface area contributed by atoms with Gasteiger partial charge in [-0.05, 0) is 6.07 Å². The normalized spacial score (nSPS) is 13.2. The molecule has 7 heteroatoms. The summed E-state index contributed by atoms with van der Waals surface area (Å²) >= 11 is 12.2. The zero-order valence-electron chi connectivity index (χ0n) is 10.2. The van der Waals surface area contributed by atoms with Gasteiger partial charge < -0.3 is 9.47 Å². The van der Waals surface area contributed by atoms with Crippen LogP contribution in [0.3, 0.4) is 0 Å². The van der Waals surface area contributed by atoms with Crippen LogP contribution in [0.15, 0.2) is 12.1 Å². The molecule has 1 atom stereocenters. The molecule has 0 saturated heterocycles. The van der Waals surface area contributed by atoms with Gasteiger partial charge in [0.25, 0.3) is 0 Å². The monoisotopic (exact) mass is 312 g/mol. The van der Waals surface area contributed by atoms with Crippen molar-refractivity contribution in [1.82, 2.24) is 0 Å². The van der Waals surface area contributed by atoms with E-state index in [0.717, 1.165) is 6.26 Å². The van der Waals surface area contributed by atoms with Crippen LogP contribution in [0.25, 0.3) is 0 Å². The number of methoxy groups -OCH3 is 2. The molecule has 0 spiro atoms. The topological polar surface area (TPSA) is 52.6 Å². The average molecular weight is 313 g/mol. The predicted molar refractivity (Wildman–Crippen MR) is 72.9 cm³/mol. The highest BCUT2D eigenvalue weighted by Crippen LogP contribution is 2.41. The molecule has 0 fully saturated rings. The van der Waals surface area contributed by atoms with Gasteiger partial charge in [0.15, 0.2) is 0 Å². The maximum Gasteiger partial charge on any atom is 0.149 e. The largest absolute Gasteiger partial charge is 0.495 e. The van der Waals surface area contributed by atoms with Gasteiger partial charge in [-0.25, -0.2) is 8.42 Å². The standard InChI is InChI=1S/C11H14Cl2O4S/c1-16-9-5-4-7(11(17-2)10(9)13)8(12)6-18(3,14)15/h4-5,8H,6H2,1-3H3. The maximum atomic E-state index is 11.2. The molecule has 0 amide bonds. The molecule has 1 aromatic carbocycles. The van der Waals surface area contributed by atoms with E-state index in [1.54, 1.807) is 12.1 Å². The van der Waals surface area contributed by atoms with Gasteiger partial charge >= 0.3 is 0 Å². The second-order valence-electron chi connectivity index (χ2n) is 3.76. The van der Waals surface area contributed by atoms with Crippen LogP contribution in [-0.2, 0) is 9.84 Å². The van der Waals surface area contributed by atoms with Crippen molar-refractivity contribution in [3.63, 3.8) is 0 Å². The summed E-state index contributed by atoms with van der Waals surface area (Å²) in [6.07, 6.45) is 1.12. The van der Waals surface area contributed by atoms with Crippen molar-refractivity contribution in [2.75, 3.05) is 26.2 Å². The van der Waals surface area contributed by atoms with E-state index in [0.29, 0.717) is 17.1 Å². The van der Waals surface area contributed by atoms with Crippen molar-refractivity contribution in [2.24, 2.45) is 0 Å². The third-order valence-electron chi connectivity index (χ3n) is 2.30. The fourth-order valence-electron chi connectivity index (χ4n) is 1.52. The number of rotatable bonds is 5. The van der Waals surface area contributed by atoms with Crippen LogP contribution < -0.4 is 9.47 Å². The molecule has 0 aliphatic carbocycles. The van der Waals surface area contributed by atoms with Crippen LogP contribution in [-0.4, -0.2) is 34.6 Å². The molecule has 0 saturated carbocycles. The zero-order valence-corrected chi connectivity index (χ0v) is 12.6. The number of hydrogen-bond donors (Lipinski definition) is 0. The number of sulfone groups is 1. The fourth-order valence-corrected chi connectivity index (χ4v) is 3.42. The average Bonchev–Trinajstić information content (AvgIpc) is 2.26. The summed E-state index contributed by atoms with van der Waals surface area (Å²) in [6, 6.07) is 3.27. The minimum absolute atomic E-state index is 0.187. The third-order valence-corrected chi connectivity index (χ3v) is 4.17. The minimum Gasteiger partial charge on any atom is -0.495 e. The predicted octanol–water partition coefficient (Wildman–Crippen LogP) is 2.68. The Morgan fingerprint density at radius 1 is 1.28 bits per heavy atom. The highest BCUT2D eigenvalue weighted by molar-refractivity contribution is 7.90. The van der Waals surface area contributed by atoms with E-state index in [-0.39, 0.29) is 10.8 Å². The summed E-state index contributed by atoms with van der Waals surface area (Å²) in [5, 5.41) is -0.449. The van der Waals surface area contributed by atoms with E-state index in [2.05, 4.69) is 0 Å². The van der Waals surface area contributed by atoms with Gasteiger partial charge in [0.1, 0.15) is 26.4 Å². The Labute approximate surface area is 117 Å². The van der Waals surface area contributed by atoms with Crippen LogP contribution in [0.4, 0.5) is 0 Å². The molecule has 4 nitrogen and oxygen atoms in total. The molecule has 0 bridgehead atoms. The van der Waals surface area contributed by atoms with E-state index in [1.165, 1.54) is 14.2 Å². The minimum atomic E-state index is -3.19. The Balaban J connectivity index is 3.21. The number of benzene rings is 1. The van der Waals surface area contributed by atoms with Gasteiger partial charge in [-0.3, -0.25) is 0 Å². The smallest absolute Gasteiger partial charge is 0.149 e. The lowest BCUT2D eigenvalue weighted by molar-refractivity contribution is 0.391. The van der Waals surface area contributed by atoms with Gasteiger partial charge in [0, 0.05) is 11.8 Å². The van der Waals surface area contributed by atoms with Crippen molar-refractivity contribution < 1.29 is 17.9 Å². The summed E-state index contributed by atoms with van der Waals surface area (Å²) in [5.41, 5.74) is 0.524. The van der Waals surface area contributed by atoms with Crippen LogP contribution in [0.2, 0.25) is 5.02 Å². The molecule has 0 aliphatic heterocycles.